The van der Waals surface area contributed by atoms with Gasteiger partial charge in [0.25, 0.3) is 0 Å². The normalized spacial score (nSPS) is 14.2. The van der Waals surface area contributed by atoms with Gasteiger partial charge >= 0.3 is 5.97 Å². The molecule has 0 fully saturated rings. The Morgan fingerprint density at radius 3 is 2.79 bits per heavy atom. The molecular formula is C18H13BrO5. The van der Waals surface area contributed by atoms with Gasteiger partial charge in [-0.15, -0.1) is 0 Å². The number of halogens is 1. The van der Waals surface area contributed by atoms with Crippen LogP contribution in [0.4, 0.5) is 0 Å². The van der Waals surface area contributed by atoms with Crippen LogP contribution >= 0.6 is 15.9 Å². The average Bonchev–Trinajstić information content (AvgIpc) is 2.90. The minimum Gasteiger partial charge on any atom is -0.482 e. The summed E-state index contributed by atoms with van der Waals surface area (Å²) in [5.41, 5.74) is 1.30. The number of ketones is 1. The summed E-state index contributed by atoms with van der Waals surface area (Å²) in [5, 5.41) is 0. The first kappa shape index (κ1) is 16.3. The van der Waals surface area contributed by atoms with Gasteiger partial charge in [0.05, 0.1) is 12.7 Å². The van der Waals surface area contributed by atoms with Gasteiger partial charge < -0.3 is 14.2 Å². The lowest BCUT2D eigenvalue weighted by molar-refractivity contribution is -0.142. The summed E-state index contributed by atoms with van der Waals surface area (Å²) in [4.78, 5) is 23.5. The van der Waals surface area contributed by atoms with E-state index in [0.717, 1.165) is 10.0 Å². The third kappa shape index (κ3) is 3.33. The molecule has 6 heteroatoms. The molecule has 0 aliphatic carbocycles. The quantitative estimate of drug-likeness (QED) is 0.591. The molecule has 0 saturated carbocycles. The standard InChI is InChI=1S/C18H13BrO5/c1-22-17(20)10-23-12-6-7-13-15(9-12)24-16(18(13)21)8-11-4-2-3-5-14(11)19/h2-9H,10H2,1H3. The van der Waals surface area contributed by atoms with Crippen molar-refractivity contribution in [2.75, 3.05) is 13.7 Å². The number of esters is 1. The van der Waals surface area contributed by atoms with E-state index in [-0.39, 0.29) is 18.1 Å². The van der Waals surface area contributed by atoms with Gasteiger partial charge in [-0.05, 0) is 29.8 Å². The molecule has 1 aliphatic heterocycles. The molecule has 0 amide bonds. The Labute approximate surface area is 147 Å². The van der Waals surface area contributed by atoms with Gasteiger partial charge in [-0.3, -0.25) is 4.79 Å². The molecule has 0 radical (unpaired) electrons. The molecule has 0 N–H and O–H groups in total. The van der Waals surface area contributed by atoms with Crippen LogP contribution in [0.3, 0.4) is 0 Å². The van der Waals surface area contributed by atoms with Crippen molar-refractivity contribution in [3.8, 4) is 11.5 Å². The van der Waals surface area contributed by atoms with Gasteiger partial charge in [0.2, 0.25) is 5.78 Å². The molecule has 2 aromatic rings. The zero-order chi connectivity index (χ0) is 17.1. The summed E-state index contributed by atoms with van der Waals surface area (Å²) in [6, 6.07) is 12.3. The number of benzene rings is 2. The Morgan fingerprint density at radius 2 is 2.04 bits per heavy atom. The number of rotatable bonds is 4. The predicted octanol–water partition coefficient (Wildman–Crippen LogP) is 3.62. The van der Waals surface area contributed by atoms with Crippen molar-refractivity contribution in [2.45, 2.75) is 0 Å². The van der Waals surface area contributed by atoms with Crippen LogP contribution in [-0.2, 0) is 9.53 Å². The highest BCUT2D eigenvalue weighted by atomic mass is 79.9. The van der Waals surface area contributed by atoms with Crippen LogP contribution in [0.25, 0.3) is 6.08 Å². The van der Waals surface area contributed by atoms with Gasteiger partial charge in [0.15, 0.2) is 12.4 Å². The van der Waals surface area contributed by atoms with E-state index in [1.54, 1.807) is 24.3 Å². The summed E-state index contributed by atoms with van der Waals surface area (Å²) in [6.45, 7) is -0.205. The van der Waals surface area contributed by atoms with E-state index in [1.807, 2.05) is 24.3 Å². The van der Waals surface area contributed by atoms with Crippen molar-refractivity contribution in [1.29, 1.82) is 0 Å². The zero-order valence-corrected chi connectivity index (χ0v) is 14.3. The first-order valence-corrected chi connectivity index (χ1v) is 7.90. The van der Waals surface area contributed by atoms with E-state index in [2.05, 4.69) is 20.7 Å². The number of methoxy groups -OCH3 is 1. The minimum absolute atomic E-state index is 0.194. The van der Waals surface area contributed by atoms with Gasteiger partial charge in [0, 0.05) is 10.5 Å². The highest BCUT2D eigenvalue weighted by molar-refractivity contribution is 9.10. The third-order valence-corrected chi connectivity index (χ3v) is 4.14. The maximum Gasteiger partial charge on any atom is 0.343 e. The van der Waals surface area contributed by atoms with Gasteiger partial charge in [-0.2, -0.15) is 0 Å². The topological polar surface area (TPSA) is 61.8 Å². The summed E-state index contributed by atoms with van der Waals surface area (Å²) in [7, 11) is 1.29. The Kier molecular flexibility index (Phi) is 4.66. The predicted molar refractivity (Wildman–Crippen MR) is 91.0 cm³/mol. The average molecular weight is 389 g/mol. The highest BCUT2D eigenvalue weighted by Crippen LogP contribution is 2.35. The smallest absolute Gasteiger partial charge is 0.343 e. The van der Waals surface area contributed by atoms with Crippen molar-refractivity contribution < 1.29 is 23.8 Å². The van der Waals surface area contributed by atoms with E-state index in [4.69, 9.17) is 9.47 Å². The first-order chi connectivity index (χ1) is 11.6. The fraction of sp³-hybridized carbons (Fsp3) is 0.111. The minimum atomic E-state index is -0.484. The third-order valence-electron chi connectivity index (χ3n) is 3.42. The second-order valence-electron chi connectivity index (χ2n) is 4.98. The fourth-order valence-corrected chi connectivity index (χ4v) is 2.59. The molecule has 0 saturated heterocycles. The lowest BCUT2D eigenvalue weighted by Gasteiger charge is -2.05. The SMILES string of the molecule is COC(=O)COc1ccc2c(c1)OC(=Cc1ccccc1Br)C2=O. The Hall–Kier alpha value is -2.60. The number of carbonyl (C=O) groups excluding carboxylic acids is 2. The second-order valence-corrected chi connectivity index (χ2v) is 5.84. The lowest BCUT2D eigenvalue weighted by Crippen LogP contribution is -2.12. The largest absolute Gasteiger partial charge is 0.482 e. The number of hydrogen-bond acceptors (Lipinski definition) is 5. The number of Topliss-reactive ketones (excluding diaryl/α,β-unsaturated/α-hetero) is 1. The summed E-state index contributed by atoms with van der Waals surface area (Å²) in [5.74, 6) is 0.388. The van der Waals surface area contributed by atoms with E-state index >= 15 is 0 Å². The van der Waals surface area contributed by atoms with Crippen molar-refractivity contribution in [1.82, 2.24) is 0 Å². The van der Waals surface area contributed by atoms with E-state index in [9.17, 15) is 9.59 Å². The van der Waals surface area contributed by atoms with E-state index in [1.165, 1.54) is 7.11 Å². The molecule has 0 atom stereocenters. The van der Waals surface area contributed by atoms with Crippen LogP contribution in [0, 0.1) is 0 Å². The molecular weight excluding hydrogens is 376 g/mol. The maximum atomic E-state index is 12.4. The zero-order valence-electron chi connectivity index (χ0n) is 12.7. The van der Waals surface area contributed by atoms with Crippen molar-refractivity contribution in [2.24, 2.45) is 0 Å². The molecule has 0 bridgehead atoms. The van der Waals surface area contributed by atoms with E-state index in [0.29, 0.717) is 17.1 Å². The summed E-state index contributed by atoms with van der Waals surface area (Å²) in [6.07, 6.45) is 1.68. The fourth-order valence-electron chi connectivity index (χ4n) is 2.19. The van der Waals surface area contributed by atoms with E-state index < -0.39 is 5.97 Å². The molecule has 1 heterocycles. The van der Waals surface area contributed by atoms with Crippen LogP contribution in [0.15, 0.2) is 52.7 Å². The van der Waals surface area contributed by atoms with Crippen LogP contribution in [0.2, 0.25) is 0 Å². The van der Waals surface area contributed by atoms with Crippen molar-refractivity contribution in [3.63, 3.8) is 0 Å². The first-order valence-electron chi connectivity index (χ1n) is 7.11. The van der Waals surface area contributed by atoms with Crippen LogP contribution in [-0.4, -0.2) is 25.5 Å². The number of hydrogen-bond donors (Lipinski definition) is 0. The number of ether oxygens (including phenoxy) is 3. The number of carbonyl (C=O) groups is 2. The summed E-state index contributed by atoms with van der Waals surface area (Å²) >= 11 is 3.44. The molecule has 1 aliphatic rings. The van der Waals surface area contributed by atoms with Crippen molar-refractivity contribution in [3.05, 3.63) is 63.8 Å². The Balaban J connectivity index is 1.82. The molecule has 3 rings (SSSR count). The van der Waals surface area contributed by atoms with Gasteiger partial charge in [-0.1, -0.05) is 34.1 Å². The summed E-state index contributed by atoms with van der Waals surface area (Å²) < 4.78 is 16.3. The Bertz CT molecular complexity index is 841. The van der Waals surface area contributed by atoms with Gasteiger partial charge in [-0.25, -0.2) is 4.79 Å². The van der Waals surface area contributed by atoms with Crippen LogP contribution < -0.4 is 9.47 Å². The molecule has 0 aromatic heterocycles. The Morgan fingerprint density at radius 1 is 1.25 bits per heavy atom. The molecule has 5 nitrogen and oxygen atoms in total. The maximum absolute atomic E-state index is 12.4. The van der Waals surface area contributed by atoms with Crippen LogP contribution in [0.1, 0.15) is 15.9 Å². The number of allylic oxidation sites excluding steroid dienone is 1. The van der Waals surface area contributed by atoms with Gasteiger partial charge in [0.1, 0.15) is 11.5 Å². The monoisotopic (exact) mass is 388 g/mol. The lowest BCUT2D eigenvalue weighted by atomic mass is 10.1. The van der Waals surface area contributed by atoms with Crippen LogP contribution in [0.5, 0.6) is 11.5 Å². The molecule has 0 unspecified atom stereocenters. The highest BCUT2D eigenvalue weighted by Gasteiger charge is 2.28. The second kappa shape index (κ2) is 6.88. The molecule has 0 spiro atoms. The molecule has 2 aromatic carbocycles. The number of fused-ring (bicyclic) bond motifs is 1. The van der Waals surface area contributed by atoms with Crippen molar-refractivity contribution >= 4 is 33.8 Å². The molecule has 122 valence electrons. The molecule has 24 heavy (non-hydrogen) atoms.